The molecule has 8 atom stereocenters. The average Bonchev–Trinajstić information content (AvgIpc) is 3.18. The van der Waals surface area contributed by atoms with Crippen molar-refractivity contribution in [2.45, 2.75) is 198 Å². The van der Waals surface area contributed by atoms with Gasteiger partial charge >= 0.3 is 13.8 Å². The molecule has 1 fully saturated rings. The van der Waals surface area contributed by atoms with E-state index in [4.69, 9.17) is 18.5 Å². The third-order valence-corrected chi connectivity index (χ3v) is 10.7. The van der Waals surface area contributed by atoms with Gasteiger partial charge in [0.05, 0.1) is 13.2 Å². The molecule has 56 heavy (non-hydrogen) atoms. The van der Waals surface area contributed by atoms with Gasteiger partial charge in [-0.05, 0) is 51.4 Å². The summed E-state index contributed by atoms with van der Waals surface area (Å²) in [4.78, 5) is 23.1. The summed E-state index contributed by atoms with van der Waals surface area (Å²) >= 11 is 0. The lowest BCUT2D eigenvalue weighted by atomic mass is 9.85. The third-order valence-electron chi connectivity index (χ3n) is 9.72. The van der Waals surface area contributed by atoms with E-state index >= 15 is 0 Å². The van der Waals surface area contributed by atoms with Crippen molar-refractivity contribution in [1.29, 1.82) is 0 Å². The molecule has 0 heterocycles. The first-order valence-electron chi connectivity index (χ1n) is 21.5. The van der Waals surface area contributed by atoms with Crippen molar-refractivity contribution in [2.75, 3.05) is 19.8 Å². The van der Waals surface area contributed by atoms with E-state index in [9.17, 15) is 39.8 Å². The summed E-state index contributed by atoms with van der Waals surface area (Å²) in [6.45, 7) is 4.09. The Bertz CT molecular complexity index is 1110. The molecule has 1 rings (SSSR count). The number of unbranched alkanes of at least 4 members (excludes halogenated alkanes) is 15. The zero-order valence-corrected chi connectivity index (χ0v) is 35.3. The lowest BCUT2D eigenvalue weighted by Crippen LogP contribution is -2.64. The minimum atomic E-state index is -5.02. The topological polar surface area (TPSA) is 192 Å². The molecule has 0 aromatic carbocycles. The minimum absolute atomic E-state index is 0.0928. The second-order valence-corrected chi connectivity index (χ2v) is 16.2. The predicted molar refractivity (Wildman–Crippen MR) is 221 cm³/mol. The van der Waals surface area contributed by atoms with Gasteiger partial charge < -0.3 is 39.9 Å². The van der Waals surface area contributed by atoms with Crippen LogP contribution in [-0.4, -0.2) is 98.9 Å². The van der Waals surface area contributed by atoms with Crippen LogP contribution < -0.4 is 0 Å². The van der Waals surface area contributed by atoms with E-state index in [1.807, 2.05) is 0 Å². The Morgan fingerprint density at radius 1 is 0.589 bits per heavy atom. The zero-order valence-electron chi connectivity index (χ0n) is 34.4. The largest absolute Gasteiger partial charge is 0.472 e. The highest BCUT2D eigenvalue weighted by molar-refractivity contribution is 7.47. The number of aliphatic hydroxyl groups is 5. The van der Waals surface area contributed by atoms with Crippen LogP contribution in [0.4, 0.5) is 0 Å². The fourth-order valence-corrected chi connectivity index (χ4v) is 7.26. The first kappa shape index (κ1) is 52.3. The molecule has 12 nitrogen and oxygen atoms in total. The van der Waals surface area contributed by atoms with Crippen LogP contribution in [0.3, 0.4) is 0 Å². The van der Waals surface area contributed by atoms with E-state index in [0.717, 1.165) is 57.8 Å². The summed E-state index contributed by atoms with van der Waals surface area (Å²) in [5.74, 6) is -0.518. The molecule has 1 saturated carbocycles. The number of carbonyl (C=O) groups excluding carboxylic acids is 1. The highest BCUT2D eigenvalue weighted by atomic mass is 31.2. The van der Waals surface area contributed by atoms with Gasteiger partial charge in [0, 0.05) is 13.0 Å². The van der Waals surface area contributed by atoms with Gasteiger partial charge in [0.2, 0.25) is 0 Å². The van der Waals surface area contributed by atoms with Gasteiger partial charge in [-0.2, -0.15) is 0 Å². The Kier molecular flexibility index (Phi) is 31.9. The molecule has 0 aromatic heterocycles. The smallest absolute Gasteiger partial charge is 0.457 e. The van der Waals surface area contributed by atoms with Crippen LogP contribution in [0.1, 0.15) is 155 Å². The van der Waals surface area contributed by atoms with Gasteiger partial charge in [-0.15, -0.1) is 0 Å². The number of esters is 1. The molecule has 1 aliphatic rings. The van der Waals surface area contributed by atoms with Gasteiger partial charge in [0.15, 0.2) is 0 Å². The molecule has 1 aliphatic carbocycles. The number of phosphoric acid groups is 1. The molecule has 0 amide bonds. The maximum atomic E-state index is 12.8. The fraction of sp³-hybridized carbons (Fsp3) is 0.791. The zero-order chi connectivity index (χ0) is 41.3. The number of hydrogen-bond acceptors (Lipinski definition) is 11. The van der Waals surface area contributed by atoms with Crippen molar-refractivity contribution in [3.05, 3.63) is 48.6 Å². The molecular formula is C43H77O12P. The first-order chi connectivity index (χ1) is 27.0. The van der Waals surface area contributed by atoms with Crippen molar-refractivity contribution in [3.8, 4) is 0 Å². The van der Waals surface area contributed by atoms with Crippen LogP contribution in [0, 0.1) is 0 Å². The highest BCUT2D eigenvalue weighted by Gasteiger charge is 2.51. The summed E-state index contributed by atoms with van der Waals surface area (Å²) in [6.07, 6.45) is 27.6. The Balaban J connectivity index is 2.47. The Morgan fingerprint density at radius 3 is 1.57 bits per heavy atom. The van der Waals surface area contributed by atoms with E-state index in [2.05, 4.69) is 62.5 Å². The molecule has 0 aromatic rings. The van der Waals surface area contributed by atoms with E-state index < -0.39 is 63.1 Å². The molecule has 6 N–H and O–H groups in total. The van der Waals surface area contributed by atoms with E-state index in [0.29, 0.717) is 13.0 Å². The number of carbonyl (C=O) groups is 1. The average molecular weight is 817 g/mol. The summed E-state index contributed by atoms with van der Waals surface area (Å²) < 4.78 is 34.0. The minimum Gasteiger partial charge on any atom is -0.457 e. The molecule has 0 bridgehead atoms. The van der Waals surface area contributed by atoms with Gasteiger partial charge in [0.25, 0.3) is 0 Å². The van der Waals surface area contributed by atoms with Crippen molar-refractivity contribution in [1.82, 2.24) is 0 Å². The van der Waals surface area contributed by atoms with E-state index in [-0.39, 0.29) is 13.0 Å². The number of hydrogen-bond donors (Lipinski definition) is 6. The summed E-state index contributed by atoms with van der Waals surface area (Å²) in [6, 6.07) is 0. The van der Waals surface area contributed by atoms with Crippen LogP contribution in [-0.2, 0) is 27.9 Å². The molecular weight excluding hydrogens is 739 g/mol. The molecule has 0 saturated heterocycles. The number of phosphoric ester groups is 1. The van der Waals surface area contributed by atoms with Gasteiger partial charge in [-0.25, -0.2) is 4.57 Å². The summed E-state index contributed by atoms with van der Waals surface area (Å²) in [5, 5.41) is 50.1. The number of ether oxygens (including phenoxy) is 2. The molecule has 0 radical (unpaired) electrons. The van der Waals surface area contributed by atoms with Crippen molar-refractivity contribution in [2.24, 2.45) is 0 Å². The third kappa shape index (κ3) is 26.3. The van der Waals surface area contributed by atoms with Gasteiger partial charge in [-0.1, -0.05) is 146 Å². The number of aliphatic hydroxyl groups excluding tert-OH is 5. The highest BCUT2D eigenvalue weighted by Crippen LogP contribution is 2.47. The lowest BCUT2D eigenvalue weighted by Gasteiger charge is -2.41. The van der Waals surface area contributed by atoms with Gasteiger partial charge in [-0.3, -0.25) is 13.8 Å². The predicted octanol–water partition coefficient (Wildman–Crippen LogP) is 8.08. The number of rotatable bonds is 35. The van der Waals surface area contributed by atoms with Crippen molar-refractivity contribution >= 4 is 13.8 Å². The second kappa shape index (κ2) is 34.2. The summed E-state index contributed by atoms with van der Waals surface area (Å²) in [7, 11) is -5.02. The van der Waals surface area contributed by atoms with E-state index in [1.54, 1.807) is 0 Å². The van der Waals surface area contributed by atoms with E-state index in [1.165, 1.54) is 70.6 Å². The molecule has 6 unspecified atom stereocenters. The van der Waals surface area contributed by atoms with Crippen LogP contribution in [0.5, 0.6) is 0 Å². The standard InChI is InChI=1S/C43H77O12P/c1-3-5-7-9-11-13-15-17-19-20-22-24-26-28-30-32-37(44)54-36(34-52-33-31-29-27-25-23-21-18-16-14-12-10-8-6-4-2)35-53-56(50,51)55-43-41(48)39(46)38(45)40(47)42(43)49/h5,7,11,13,17,19,22,24,36,38-43,45-49H,3-4,6,8-10,12,14-16,18,20-21,23,25-35H2,1-2H3,(H,50,51)/b7-5-,13-11-,19-17-,24-22-/t36-,38?,39-,40?,41?,42?,43?/m1/s1. The first-order valence-corrected chi connectivity index (χ1v) is 23.0. The normalized spacial score (nSPS) is 23.5. The Morgan fingerprint density at radius 2 is 1.05 bits per heavy atom. The summed E-state index contributed by atoms with van der Waals surface area (Å²) in [5.41, 5.74) is 0. The van der Waals surface area contributed by atoms with Crippen LogP contribution in [0.2, 0.25) is 0 Å². The maximum absolute atomic E-state index is 12.8. The van der Waals surface area contributed by atoms with Crippen molar-refractivity contribution < 1.29 is 58.3 Å². The Hall–Kier alpha value is -1.70. The van der Waals surface area contributed by atoms with Crippen LogP contribution in [0.25, 0.3) is 0 Å². The molecule has 13 heteroatoms. The van der Waals surface area contributed by atoms with Crippen LogP contribution in [0.15, 0.2) is 48.6 Å². The van der Waals surface area contributed by atoms with Crippen molar-refractivity contribution in [3.63, 3.8) is 0 Å². The Labute approximate surface area is 337 Å². The lowest BCUT2D eigenvalue weighted by molar-refractivity contribution is -0.220. The molecule has 0 spiro atoms. The van der Waals surface area contributed by atoms with Crippen LogP contribution >= 0.6 is 7.82 Å². The monoisotopic (exact) mass is 817 g/mol. The molecule has 0 aliphatic heterocycles. The number of allylic oxidation sites excluding steroid dienone is 8. The molecule has 326 valence electrons. The SMILES string of the molecule is CC/C=C\C/C=C\C/C=C\C/C=C\CCCCC(=O)O[C@H](COCCCCCCCCCCCCCCCC)COP(=O)(O)OC1C(O)C(O)C(O)[C@@H](O)C1O. The quantitative estimate of drug-likeness (QED) is 0.0156. The maximum Gasteiger partial charge on any atom is 0.472 e. The second-order valence-electron chi connectivity index (χ2n) is 14.8. The fourth-order valence-electron chi connectivity index (χ4n) is 6.29. The van der Waals surface area contributed by atoms with Gasteiger partial charge in [0.1, 0.15) is 42.7 Å².